The molecular weight excluding hydrogens is 272 g/mol. The maximum absolute atomic E-state index is 6.36. The van der Waals surface area contributed by atoms with E-state index in [9.17, 15) is 0 Å². The highest BCUT2D eigenvalue weighted by atomic mass is 16.5. The minimum Gasteiger partial charge on any atom is -0.494 e. The molecule has 0 unspecified atom stereocenters. The Balaban J connectivity index is 1.62. The van der Waals surface area contributed by atoms with Gasteiger partial charge in [-0.3, -0.25) is 4.90 Å². The molecule has 1 fully saturated rings. The summed E-state index contributed by atoms with van der Waals surface area (Å²) in [6.45, 7) is 5.64. The molecule has 1 aliphatic heterocycles. The molecule has 0 aromatic heterocycles. The van der Waals surface area contributed by atoms with Crippen LogP contribution in [0, 0.1) is 0 Å². The van der Waals surface area contributed by atoms with Gasteiger partial charge in [0.05, 0.1) is 6.61 Å². The van der Waals surface area contributed by atoms with Crippen LogP contribution in [0.5, 0.6) is 5.75 Å². The molecule has 3 nitrogen and oxygen atoms in total. The maximum Gasteiger partial charge on any atom is 0.119 e. The third-order valence-corrected chi connectivity index (χ3v) is 4.31. The van der Waals surface area contributed by atoms with E-state index in [0.29, 0.717) is 12.5 Å². The topological polar surface area (TPSA) is 38.5 Å². The number of rotatable bonds is 5. The highest BCUT2D eigenvalue weighted by Gasteiger charge is 2.30. The van der Waals surface area contributed by atoms with Crippen molar-refractivity contribution in [2.75, 3.05) is 19.7 Å². The summed E-state index contributed by atoms with van der Waals surface area (Å²) >= 11 is 0. The second-order valence-corrected chi connectivity index (χ2v) is 5.95. The van der Waals surface area contributed by atoms with Crippen LogP contribution < -0.4 is 10.5 Å². The van der Waals surface area contributed by atoms with E-state index >= 15 is 0 Å². The zero-order valence-electron chi connectivity index (χ0n) is 13.1. The SMILES string of the molecule is CCOc1ccc(CN2C[C@@H](N)[C@H](c3ccccc3)C2)cc1. The van der Waals surface area contributed by atoms with Crippen LogP contribution in [0.4, 0.5) is 0 Å². The van der Waals surface area contributed by atoms with Gasteiger partial charge in [0.2, 0.25) is 0 Å². The summed E-state index contributed by atoms with van der Waals surface area (Å²) < 4.78 is 5.49. The quantitative estimate of drug-likeness (QED) is 0.922. The molecule has 3 heteroatoms. The van der Waals surface area contributed by atoms with Crippen molar-refractivity contribution in [2.24, 2.45) is 5.73 Å². The third-order valence-electron chi connectivity index (χ3n) is 4.31. The molecule has 0 spiro atoms. The average molecular weight is 296 g/mol. The standard InChI is InChI=1S/C19H24N2O/c1-2-22-17-10-8-15(9-11-17)12-21-13-18(19(20)14-21)16-6-4-3-5-7-16/h3-11,18-19H,2,12-14,20H2,1H3/t18-,19+/m0/s1. The lowest BCUT2D eigenvalue weighted by molar-refractivity contribution is 0.322. The zero-order chi connectivity index (χ0) is 15.4. The molecule has 2 aromatic carbocycles. The molecule has 0 bridgehead atoms. The first-order valence-corrected chi connectivity index (χ1v) is 8.01. The van der Waals surface area contributed by atoms with Gasteiger partial charge in [0.25, 0.3) is 0 Å². The summed E-state index contributed by atoms with van der Waals surface area (Å²) in [5.41, 5.74) is 9.02. The molecule has 0 amide bonds. The smallest absolute Gasteiger partial charge is 0.119 e. The fourth-order valence-electron chi connectivity index (χ4n) is 3.21. The first-order valence-electron chi connectivity index (χ1n) is 8.01. The minimum absolute atomic E-state index is 0.213. The zero-order valence-corrected chi connectivity index (χ0v) is 13.1. The van der Waals surface area contributed by atoms with E-state index in [0.717, 1.165) is 25.4 Å². The molecule has 0 saturated carbocycles. The summed E-state index contributed by atoms with van der Waals surface area (Å²) in [4.78, 5) is 2.44. The predicted molar refractivity (Wildman–Crippen MR) is 90.0 cm³/mol. The van der Waals surface area contributed by atoms with Crippen molar-refractivity contribution in [3.8, 4) is 5.75 Å². The molecule has 2 aromatic rings. The Labute approximate surface area is 132 Å². The first kappa shape index (κ1) is 15.1. The average Bonchev–Trinajstić information content (AvgIpc) is 2.91. The van der Waals surface area contributed by atoms with E-state index in [4.69, 9.17) is 10.5 Å². The number of nitrogens with zero attached hydrogens (tertiary/aromatic N) is 1. The van der Waals surface area contributed by atoms with Gasteiger partial charge in [0, 0.05) is 31.6 Å². The van der Waals surface area contributed by atoms with Crippen LogP contribution in [-0.2, 0) is 6.54 Å². The van der Waals surface area contributed by atoms with E-state index in [-0.39, 0.29) is 6.04 Å². The predicted octanol–water partition coefficient (Wildman–Crippen LogP) is 3.01. The van der Waals surface area contributed by atoms with Crippen molar-refractivity contribution < 1.29 is 4.74 Å². The van der Waals surface area contributed by atoms with E-state index in [1.165, 1.54) is 11.1 Å². The van der Waals surface area contributed by atoms with Crippen LogP contribution >= 0.6 is 0 Å². The van der Waals surface area contributed by atoms with Crippen molar-refractivity contribution in [3.05, 3.63) is 65.7 Å². The van der Waals surface area contributed by atoms with Crippen molar-refractivity contribution in [1.82, 2.24) is 4.90 Å². The van der Waals surface area contributed by atoms with Crippen molar-refractivity contribution in [1.29, 1.82) is 0 Å². The van der Waals surface area contributed by atoms with Gasteiger partial charge in [-0.25, -0.2) is 0 Å². The van der Waals surface area contributed by atoms with E-state index in [1.54, 1.807) is 0 Å². The van der Waals surface area contributed by atoms with Crippen molar-refractivity contribution >= 4 is 0 Å². The Hall–Kier alpha value is -1.84. The number of nitrogens with two attached hydrogens (primary N) is 1. The lowest BCUT2D eigenvalue weighted by atomic mass is 9.95. The Bertz CT molecular complexity index is 582. The second kappa shape index (κ2) is 6.95. The lowest BCUT2D eigenvalue weighted by Gasteiger charge is -2.16. The van der Waals surface area contributed by atoms with Crippen molar-refractivity contribution in [3.63, 3.8) is 0 Å². The monoisotopic (exact) mass is 296 g/mol. The van der Waals surface area contributed by atoms with Crippen LogP contribution in [0.25, 0.3) is 0 Å². The highest BCUT2D eigenvalue weighted by molar-refractivity contribution is 5.28. The second-order valence-electron chi connectivity index (χ2n) is 5.95. The minimum atomic E-state index is 0.213. The Morgan fingerprint density at radius 3 is 2.45 bits per heavy atom. The van der Waals surface area contributed by atoms with E-state index in [2.05, 4.69) is 47.4 Å². The van der Waals surface area contributed by atoms with Gasteiger partial charge in [-0.1, -0.05) is 42.5 Å². The van der Waals surface area contributed by atoms with Gasteiger partial charge in [-0.15, -0.1) is 0 Å². The molecule has 0 aliphatic carbocycles. The van der Waals surface area contributed by atoms with Gasteiger partial charge in [0.1, 0.15) is 5.75 Å². The van der Waals surface area contributed by atoms with Gasteiger partial charge in [-0.05, 0) is 30.2 Å². The molecule has 2 N–H and O–H groups in total. The maximum atomic E-state index is 6.36. The third kappa shape index (κ3) is 3.49. The molecule has 1 heterocycles. The summed E-state index contributed by atoms with van der Waals surface area (Å²) in [5, 5.41) is 0. The van der Waals surface area contributed by atoms with Crippen LogP contribution in [-0.4, -0.2) is 30.6 Å². The van der Waals surface area contributed by atoms with Crippen molar-refractivity contribution in [2.45, 2.75) is 25.4 Å². The van der Waals surface area contributed by atoms with Crippen LogP contribution in [0.2, 0.25) is 0 Å². The summed E-state index contributed by atoms with van der Waals surface area (Å²) in [6, 6.07) is 19.2. The van der Waals surface area contributed by atoms with E-state index in [1.807, 2.05) is 19.1 Å². The highest BCUT2D eigenvalue weighted by Crippen LogP contribution is 2.27. The molecular formula is C19H24N2O. The summed E-state index contributed by atoms with van der Waals surface area (Å²) in [6.07, 6.45) is 0. The normalized spacial score (nSPS) is 21.9. The lowest BCUT2D eigenvalue weighted by Crippen LogP contribution is -2.28. The molecule has 116 valence electrons. The molecule has 1 saturated heterocycles. The van der Waals surface area contributed by atoms with Crippen LogP contribution in [0.1, 0.15) is 24.0 Å². The number of hydrogen-bond donors (Lipinski definition) is 1. The van der Waals surface area contributed by atoms with Crippen LogP contribution in [0.3, 0.4) is 0 Å². The van der Waals surface area contributed by atoms with Crippen LogP contribution in [0.15, 0.2) is 54.6 Å². The number of benzene rings is 2. The molecule has 0 radical (unpaired) electrons. The molecule has 3 rings (SSSR count). The summed E-state index contributed by atoms with van der Waals surface area (Å²) in [7, 11) is 0. The molecule has 1 aliphatic rings. The fourth-order valence-corrected chi connectivity index (χ4v) is 3.21. The molecule has 2 atom stereocenters. The van der Waals surface area contributed by atoms with Gasteiger partial charge in [-0.2, -0.15) is 0 Å². The van der Waals surface area contributed by atoms with Gasteiger partial charge < -0.3 is 10.5 Å². The van der Waals surface area contributed by atoms with E-state index < -0.39 is 0 Å². The summed E-state index contributed by atoms with van der Waals surface area (Å²) in [5.74, 6) is 1.37. The molecule has 22 heavy (non-hydrogen) atoms. The Morgan fingerprint density at radius 2 is 1.77 bits per heavy atom. The Morgan fingerprint density at radius 1 is 1.05 bits per heavy atom. The fraction of sp³-hybridized carbons (Fsp3) is 0.368. The largest absolute Gasteiger partial charge is 0.494 e. The number of likely N-dealkylation sites (tertiary alicyclic amines) is 1. The Kier molecular flexibility index (Phi) is 4.76. The number of ether oxygens (including phenoxy) is 1. The van der Waals surface area contributed by atoms with Gasteiger partial charge in [0.15, 0.2) is 0 Å². The first-order chi connectivity index (χ1) is 10.8. The number of hydrogen-bond acceptors (Lipinski definition) is 3. The van der Waals surface area contributed by atoms with Gasteiger partial charge >= 0.3 is 0 Å².